The molecule has 3 unspecified atom stereocenters. The average Bonchev–Trinajstić information content (AvgIpc) is 2.72. The second-order valence-electron chi connectivity index (χ2n) is 5.39. The van der Waals surface area contributed by atoms with Gasteiger partial charge < -0.3 is 19.9 Å². The maximum Gasteiger partial charge on any atom is 0.161 e. The monoisotopic (exact) mass is 311 g/mol. The first-order valence-electron chi connectivity index (χ1n) is 7.45. The molecule has 0 saturated heterocycles. The smallest absolute Gasteiger partial charge is 0.161 e. The number of aliphatic hydroxyl groups is 1. The van der Waals surface area contributed by atoms with Crippen LogP contribution in [0.2, 0.25) is 0 Å². The van der Waals surface area contributed by atoms with E-state index in [0.717, 1.165) is 17.9 Å². The highest BCUT2D eigenvalue weighted by molar-refractivity contribution is 7.99. The van der Waals surface area contributed by atoms with Crippen LogP contribution < -0.4 is 14.8 Å². The summed E-state index contributed by atoms with van der Waals surface area (Å²) in [7, 11) is 0. The van der Waals surface area contributed by atoms with E-state index in [1.54, 1.807) is 11.8 Å². The number of aliphatic hydroxyl groups excluding tert-OH is 1. The predicted molar refractivity (Wildman–Crippen MR) is 87.5 cm³/mol. The van der Waals surface area contributed by atoms with E-state index in [1.807, 2.05) is 12.3 Å². The van der Waals surface area contributed by atoms with Crippen LogP contribution in [-0.4, -0.2) is 42.5 Å². The quantitative estimate of drug-likeness (QED) is 0.846. The van der Waals surface area contributed by atoms with Gasteiger partial charge in [0.25, 0.3) is 0 Å². The van der Waals surface area contributed by atoms with Crippen LogP contribution in [0.4, 0.5) is 0 Å². The van der Waals surface area contributed by atoms with Crippen LogP contribution in [0.5, 0.6) is 11.5 Å². The maximum absolute atomic E-state index is 9.37. The van der Waals surface area contributed by atoms with Crippen molar-refractivity contribution in [2.75, 3.05) is 26.1 Å². The maximum atomic E-state index is 9.37. The molecule has 1 aromatic carbocycles. The topological polar surface area (TPSA) is 50.7 Å². The molecule has 0 aliphatic carbocycles. The van der Waals surface area contributed by atoms with Crippen molar-refractivity contribution in [2.24, 2.45) is 0 Å². The fraction of sp³-hybridized carbons (Fsp3) is 0.625. The highest BCUT2D eigenvalue weighted by Gasteiger charge is 2.19. The summed E-state index contributed by atoms with van der Waals surface area (Å²) in [6.07, 6.45) is 2.94. The molecule has 0 bridgehead atoms. The number of nitrogens with one attached hydrogen (secondary N) is 1. The Morgan fingerprint density at radius 3 is 2.62 bits per heavy atom. The van der Waals surface area contributed by atoms with E-state index in [9.17, 15) is 5.11 Å². The molecule has 0 amide bonds. The number of ether oxygens (including phenoxy) is 2. The molecular formula is C16H25NO3S. The zero-order chi connectivity index (χ0) is 15.2. The Kier molecular flexibility index (Phi) is 6.21. The number of benzene rings is 1. The fourth-order valence-electron chi connectivity index (χ4n) is 2.48. The van der Waals surface area contributed by atoms with E-state index in [1.165, 1.54) is 5.56 Å². The van der Waals surface area contributed by atoms with Gasteiger partial charge in [0.1, 0.15) is 0 Å². The third-order valence-corrected chi connectivity index (χ3v) is 4.99. The number of hydrogen-bond acceptors (Lipinski definition) is 5. The van der Waals surface area contributed by atoms with Gasteiger partial charge in [-0.3, -0.25) is 0 Å². The summed E-state index contributed by atoms with van der Waals surface area (Å²) < 4.78 is 11.4. The van der Waals surface area contributed by atoms with E-state index in [2.05, 4.69) is 31.3 Å². The van der Waals surface area contributed by atoms with Gasteiger partial charge in [0.05, 0.1) is 19.8 Å². The zero-order valence-corrected chi connectivity index (χ0v) is 13.8. The number of rotatable bonds is 6. The van der Waals surface area contributed by atoms with E-state index >= 15 is 0 Å². The van der Waals surface area contributed by atoms with Crippen LogP contribution in [0.3, 0.4) is 0 Å². The lowest BCUT2D eigenvalue weighted by Gasteiger charge is -2.26. The zero-order valence-electron chi connectivity index (χ0n) is 13.0. The first-order chi connectivity index (χ1) is 10.2. The number of thioether (sulfide) groups is 1. The second-order valence-corrected chi connectivity index (χ2v) is 6.47. The van der Waals surface area contributed by atoms with Crippen molar-refractivity contribution in [3.05, 3.63) is 23.8 Å². The Hall–Kier alpha value is -0.910. The summed E-state index contributed by atoms with van der Waals surface area (Å²) in [6, 6.07) is 6.54. The molecule has 1 aromatic rings. The average molecular weight is 311 g/mol. The van der Waals surface area contributed by atoms with Crippen molar-refractivity contribution in [1.29, 1.82) is 0 Å². The molecular weight excluding hydrogens is 286 g/mol. The molecule has 0 saturated carbocycles. The minimum atomic E-state index is 0.184. The van der Waals surface area contributed by atoms with Gasteiger partial charge in [0, 0.05) is 23.8 Å². The highest BCUT2D eigenvalue weighted by Crippen LogP contribution is 2.32. The van der Waals surface area contributed by atoms with Crippen molar-refractivity contribution in [2.45, 2.75) is 37.6 Å². The molecule has 0 spiro atoms. The van der Waals surface area contributed by atoms with Crippen LogP contribution in [0.25, 0.3) is 0 Å². The van der Waals surface area contributed by atoms with Crippen LogP contribution in [0.1, 0.15) is 31.9 Å². The molecule has 0 radical (unpaired) electrons. The van der Waals surface area contributed by atoms with E-state index < -0.39 is 0 Å². The van der Waals surface area contributed by atoms with Gasteiger partial charge in [0.15, 0.2) is 11.5 Å². The Labute approximate surface area is 131 Å². The molecule has 5 heteroatoms. The lowest BCUT2D eigenvalue weighted by molar-refractivity contribution is 0.271. The molecule has 0 aromatic heterocycles. The Morgan fingerprint density at radius 2 is 1.95 bits per heavy atom. The molecule has 118 valence electrons. The van der Waals surface area contributed by atoms with Crippen molar-refractivity contribution in [3.63, 3.8) is 0 Å². The van der Waals surface area contributed by atoms with E-state index in [4.69, 9.17) is 9.47 Å². The van der Waals surface area contributed by atoms with Crippen molar-refractivity contribution < 1.29 is 14.6 Å². The number of fused-ring (bicyclic) bond motifs is 1. The summed E-state index contributed by atoms with van der Waals surface area (Å²) in [6.45, 7) is 5.83. The van der Waals surface area contributed by atoms with E-state index in [-0.39, 0.29) is 23.9 Å². The van der Waals surface area contributed by atoms with Crippen molar-refractivity contribution in [1.82, 2.24) is 5.32 Å². The van der Waals surface area contributed by atoms with Gasteiger partial charge in [-0.1, -0.05) is 6.07 Å². The molecule has 2 N–H and O–H groups in total. The summed E-state index contributed by atoms with van der Waals surface area (Å²) >= 11 is 1.68. The molecule has 2 rings (SSSR count). The molecule has 1 heterocycles. The van der Waals surface area contributed by atoms with Crippen LogP contribution in [0.15, 0.2) is 18.2 Å². The van der Waals surface area contributed by atoms with E-state index in [0.29, 0.717) is 13.2 Å². The van der Waals surface area contributed by atoms with Crippen LogP contribution >= 0.6 is 11.8 Å². The van der Waals surface area contributed by atoms with Gasteiger partial charge >= 0.3 is 0 Å². The third kappa shape index (κ3) is 4.28. The van der Waals surface area contributed by atoms with Crippen LogP contribution in [-0.2, 0) is 0 Å². The van der Waals surface area contributed by atoms with Crippen LogP contribution in [0, 0.1) is 0 Å². The summed E-state index contributed by atoms with van der Waals surface area (Å²) in [5.41, 5.74) is 1.17. The molecule has 3 atom stereocenters. The largest absolute Gasteiger partial charge is 0.490 e. The highest BCUT2D eigenvalue weighted by atomic mass is 32.2. The summed E-state index contributed by atoms with van der Waals surface area (Å²) in [5, 5.41) is 13.1. The summed E-state index contributed by atoms with van der Waals surface area (Å²) in [4.78, 5) is 0. The molecule has 1 aliphatic rings. The fourth-order valence-corrected chi connectivity index (χ4v) is 3.12. The van der Waals surface area contributed by atoms with Gasteiger partial charge in [-0.15, -0.1) is 0 Å². The third-order valence-electron chi connectivity index (χ3n) is 3.82. The predicted octanol–water partition coefficient (Wildman–Crippen LogP) is 2.61. The molecule has 1 aliphatic heterocycles. The Bertz CT molecular complexity index is 451. The number of hydrogen-bond donors (Lipinski definition) is 2. The van der Waals surface area contributed by atoms with Crippen molar-refractivity contribution >= 4 is 11.8 Å². The van der Waals surface area contributed by atoms with Gasteiger partial charge in [-0.25, -0.2) is 0 Å². The normalized spacial score (nSPS) is 18.7. The van der Waals surface area contributed by atoms with Gasteiger partial charge in [-0.05, 0) is 37.8 Å². The second kappa shape index (κ2) is 7.92. The molecule has 4 nitrogen and oxygen atoms in total. The Morgan fingerprint density at radius 1 is 1.24 bits per heavy atom. The SMILES string of the molecule is CSC(CO)C(C)NC(C)c1ccc2c(c1)OCCCO2. The lowest BCUT2D eigenvalue weighted by atomic mass is 10.1. The lowest BCUT2D eigenvalue weighted by Crippen LogP contribution is -2.38. The van der Waals surface area contributed by atoms with Gasteiger partial charge in [0.2, 0.25) is 0 Å². The molecule has 21 heavy (non-hydrogen) atoms. The van der Waals surface area contributed by atoms with Crippen molar-refractivity contribution in [3.8, 4) is 11.5 Å². The minimum absolute atomic E-state index is 0.184. The molecule has 0 fully saturated rings. The first-order valence-corrected chi connectivity index (χ1v) is 8.73. The van der Waals surface area contributed by atoms with Gasteiger partial charge in [-0.2, -0.15) is 11.8 Å². The summed E-state index contributed by atoms with van der Waals surface area (Å²) in [5.74, 6) is 1.66. The standard InChI is InChI=1S/C16H25NO3S/c1-11(17-12(2)16(10-18)21-3)13-5-6-14-15(9-13)20-8-4-7-19-14/h5-6,9,11-12,16-18H,4,7-8,10H2,1-3H3. The minimum Gasteiger partial charge on any atom is -0.490 e. The first kappa shape index (κ1) is 16.5. The Balaban J connectivity index is 2.05.